The minimum Gasteiger partial charge on any atom is -0.396 e. The normalized spacial score (nSPS) is 18.6. The molecule has 1 aromatic carbocycles. The first kappa shape index (κ1) is 13.6. The number of halogens is 2. The second-order valence-corrected chi connectivity index (χ2v) is 5.60. The number of hydrogen-bond donors (Lipinski definition) is 2. The zero-order chi connectivity index (χ0) is 13.0. The molecule has 0 bridgehead atoms. The summed E-state index contributed by atoms with van der Waals surface area (Å²) in [6, 6.07) is 4.29. The van der Waals surface area contributed by atoms with E-state index in [1.165, 1.54) is 18.6 Å². The number of aliphatic hydroxyl groups is 1. The lowest BCUT2D eigenvalue weighted by Crippen LogP contribution is -2.35. The topological polar surface area (TPSA) is 32.3 Å². The van der Waals surface area contributed by atoms with E-state index < -0.39 is 0 Å². The standard InChI is InChI=1S/C14H19ClFNO/c15-12-5-4-11(16)8-13(12)17-9-14(10-18)6-2-1-3-7-14/h4-5,8,17-18H,1-3,6-7,9-10H2. The molecule has 2 N–H and O–H groups in total. The molecule has 0 heterocycles. The molecule has 2 rings (SSSR count). The van der Waals surface area contributed by atoms with Gasteiger partial charge in [0.05, 0.1) is 17.3 Å². The molecule has 2 nitrogen and oxygen atoms in total. The molecule has 1 saturated carbocycles. The van der Waals surface area contributed by atoms with Crippen LogP contribution in [0, 0.1) is 11.2 Å². The van der Waals surface area contributed by atoms with E-state index >= 15 is 0 Å². The van der Waals surface area contributed by atoms with Gasteiger partial charge in [0, 0.05) is 12.0 Å². The second kappa shape index (κ2) is 5.89. The van der Waals surface area contributed by atoms with Crippen molar-refractivity contribution in [2.24, 2.45) is 5.41 Å². The van der Waals surface area contributed by atoms with E-state index in [1.54, 1.807) is 6.07 Å². The van der Waals surface area contributed by atoms with Crippen LogP contribution in [0.1, 0.15) is 32.1 Å². The third-order valence-corrected chi connectivity index (χ3v) is 4.16. The minimum atomic E-state index is -0.302. The average molecular weight is 272 g/mol. The molecule has 1 aliphatic carbocycles. The molecule has 0 aromatic heterocycles. The van der Waals surface area contributed by atoms with E-state index in [0.717, 1.165) is 25.7 Å². The van der Waals surface area contributed by atoms with E-state index in [1.807, 2.05) is 0 Å². The largest absolute Gasteiger partial charge is 0.396 e. The van der Waals surface area contributed by atoms with E-state index in [2.05, 4.69) is 5.32 Å². The predicted molar refractivity (Wildman–Crippen MR) is 72.5 cm³/mol. The van der Waals surface area contributed by atoms with Gasteiger partial charge in [0.15, 0.2) is 0 Å². The minimum absolute atomic E-state index is 0.0755. The van der Waals surface area contributed by atoms with E-state index in [4.69, 9.17) is 11.6 Å². The van der Waals surface area contributed by atoms with Crippen LogP contribution in [0.2, 0.25) is 5.02 Å². The van der Waals surface area contributed by atoms with Gasteiger partial charge >= 0.3 is 0 Å². The molecule has 0 atom stereocenters. The highest BCUT2D eigenvalue weighted by Crippen LogP contribution is 2.36. The maximum absolute atomic E-state index is 13.1. The summed E-state index contributed by atoms with van der Waals surface area (Å²) in [6.45, 7) is 0.819. The Morgan fingerprint density at radius 2 is 2.00 bits per heavy atom. The third kappa shape index (κ3) is 3.15. The summed E-state index contributed by atoms with van der Waals surface area (Å²) in [5, 5.41) is 13.3. The second-order valence-electron chi connectivity index (χ2n) is 5.20. The summed E-state index contributed by atoms with van der Waals surface area (Å²) in [4.78, 5) is 0. The number of aliphatic hydroxyl groups excluding tert-OH is 1. The lowest BCUT2D eigenvalue weighted by molar-refractivity contribution is 0.0944. The molecule has 0 spiro atoms. The predicted octanol–water partition coefficient (Wildman–Crippen LogP) is 3.83. The van der Waals surface area contributed by atoms with Crippen LogP contribution >= 0.6 is 11.6 Å². The molecule has 0 unspecified atom stereocenters. The van der Waals surface area contributed by atoms with E-state index in [9.17, 15) is 9.50 Å². The SMILES string of the molecule is OCC1(CNc2cc(F)ccc2Cl)CCCCC1. The van der Waals surface area contributed by atoms with Crippen molar-refractivity contribution >= 4 is 17.3 Å². The Balaban J connectivity index is 2.03. The Hall–Kier alpha value is -0.800. The fourth-order valence-electron chi connectivity index (χ4n) is 2.61. The zero-order valence-corrected chi connectivity index (χ0v) is 11.1. The van der Waals surface area contributed by atoms with Crippen LogP contribution < -0.4 is 5.32 Å². The monoisotopic (exact) mass is 271 g/mol. The number of anilines is 1. The highest BCUT2D eigenvalue weighted by Gasteiger charge is 2.31. The van der Waals surface area contributed by atoms with Gasteiger partial charge in [-0.2, -0.15) is 0 Å². The van der Waals surface area contributed by atoms with Gasteiger partial charge in [-0.3, -0.25) is 0 Å². The number of rotatable bonds is 4. The Labute approximate surface area is 112 Å². The van der Waals surface area contributed by atoms with Crippen LogP contribution in [-0.2, 0) is 0 Å². The van der Waals surface area contributed by atoms with Crippen molar-refractivity contribution in [2.75, 3.05) is 18.5 Å². The summed E-state index contributed by atoms with van der Waals surface area (Å²) in [6.07, 6.45) is 5.58. The van der Waals surface area contributed by atoms with Crippen molar-refractivity contribution in [1.82, 2.24) is 0 Å². The number of benzene rings is 1. The molecule has 4 heteroatoms. The van der Waals surface area contributed by atoms with Gasteiger partial charge in [0.25, 0.3) is 0 Å². The fourth-order valence-corrected chi connectivity index (χ4v) is 2.79. The number of nitrogens with one attached hydrogen (secondary N) is 1. The van der Waals surface area contributed by atoms with Crippen LogP contribution in [0.3, 0.4) is 0 Å². The molecular formula is C14H19ClFNO. The molecular weight excluding hydrogens is 253 g/mol. The summed E-state index contributed by atoms with van der Waals surface area (Å²) in [5.74, 6) is -0.302. The summed E-state index contributed by atoms with van der Waals surface area (Å²) >= 11 is 6.01. The summed E-state index contributed by atoms with van der Waals surface area (Å²) in [5.41, 5.74) is 0.531. The average Bonchev–Trinajstić information content (AvgIpc) is 2.41. The number of hydrogen-bond acceptors (Lipinski definition) is 2. The highest BCUT2D eigenvalue weighted by molar-refractivity contribution is 6.33. The third-order valence-electron chi connectivity index (χ3n) is 3.83. The fraction of sp³-hybridized carbons (Fsp3) is 0.571. The van der Waals surface area contributed by atoms with Crippen molar-refractivity contribution in [2.45, 2.75) is 32.1 Å². The lowest BCUT2D eigenvalue weighted by Gasteiger charge is -2.36. The Kier molecular flexibility index (Phi) is 4.46. The van der Waals surface area contributed by atoms with Gasteiger partial charge in [0.2, 0.25) is 0 Å². The van der Waals surface area contributed by atoms with Gasteiger partial charge in [0.1, 0.15) is 5.82 Å². The molecule has 1 fully saturated rings. The van der Waals surface area contributed by atoms with Gasteiger partial charge in [-0.25, -0.2) is 4.39 Å². The van der Waals surface area contributed by atoms with Crippen molar-refractivity contribution < 1.29 is 9.50 Å². The van der Waals surface area contributed by atoms with Crippen LogP contribution in [0.5, 0.6) is 0 Å². The first-order chi connectivity index (χ1) is 8.65. The zero-order valence-electron chi connectivity index (χ0n) is 10.4. The molecule has 1 aliphatic rings. The van der Waals surface area contributed by atoms with Crippen molar-refractivity contribution in [3.63, 3.8) is 0 Å². The van der Waals surface area contributed by atoms with Gasteiger partial charge in [-0.05, 0) is 31.0 Å². The lowest BCUT2D eigenvalue weighted by atomic mass is 9.74. The first-order valence-electron chi connectivity index (χ1n) is 6.45. The molecule has 1 aromatic rings. The van der Waals surface area contributed by atoms with Gasteiger partial charge < -0.3 is 10.4 Å². The van der Waals surface area contributed by atoms with Crippen LogP contribution in [0.4, 0.5) is 10.1 Å². The summed E-state index contributed by atoms with van der Waals surface area (Å²) < 4.78 is 13.1. The molecule has 0 radical (unpaired) electrons. The van der Waals surface area contributed by atoms with Gasteiger partial charge in [-0.1, -0.05) is 30.9 Å². The van der Waals surface area contributed by atoms with Crippen LogP contribution in [0.25, 0.3) is 0 Å². The molecule has 0 saturated heterocycles. The smallest absolute Gasteiger partial charge is 0.125 e. The maximum atomic E-state index is 13.1. The van der Waals surface area contributed by atoms with E-state index in [-0.39, 0.29) is 17.8 Å². The Morgan fingerprint density at radius 1 is 1.28 bits per heavy atom. The quantitative estimate of drug-likeness (QED) is 0.872. The van der Waals surface area contributed by atoms with Crippen molar-refractivity contribution in [3.8, 4) is 0 Å². The Bertz CT molecular complexity index is 405. The highest BCUT2D eigenvalue weighted by atomic mass is 35.5. The van der Waals surface area contributed by atoms with Crippen LogP contribution in [-0.4, -0.2) is 18.3 Å². The van der Waals surface area contributed by atoms with E-state index in [0.29, 0.717) is 17.3 Å². The van der Waals surface area contributed by atoms with Crippen molar-refractivity contribution in [1.29, 1.82) is 0 Å². The van der Waals surface area contributed by atoms with Gasteiger partial charge in [-0.15, -0.1) is 0 Å². The molecule has 100 valence electrons. The first-order valence-corrected chi connectivity index (χ1v) is 6.83. The maximum Gasteiger partial charge on any atom is 0.125 e. The van der Waals surface area contributed by atoms with Crippen LogP contribution in [0.15, 0.2) is 18.2 Å². The summed E-state index contributed by atoms with van der Waals surface area (Å²) in [7, 11) is 0. The Morgan fingerprint density at radius 3 is 2.67 bits per heavy atom. The van der Waals surface area contributed by atoms with Crippen molar-refractivity contribution in [3.05, 3.63) is 29.0 Å². The molecule has 0 amide bonds. The molecule has 18 heavy (non-hydrogen) atoms. The molecule has 0 aliphatic heterocycles.